The molecule has 3 rings (SSSR count). The molecular weight excluding hydrogens is 156 g/mol. The normalized spacial score (nSPS) is 54.5. The molecule has 0 aromatic rings. The zero-order valence-electron chi connectivity index (χ0n) is 9.59. The van der Waals surface area contributed by atoms with Crippen LogP contribution in [0.1, 0.15) is 47.0 Å². The van der Waals surface area contributed by atoms with Crippen molar-refractivity contribution in [2.45, 2.75) is 47.0 Å². The van der Waals surface area contributed by atoms with E-state index >= 15 is 0 Å². The summed E-state index contributed by atoms with van der Waals surface area (Å²) < 4.78 is 0. The molecule has 0 radical (unpaired) electrons. The van der Waals surface area contributed by atoms with Crippen LogP contribution in [0.3, 0.4) is 0 Å². The third kappa shape index (κ3) is 1.17. The van der Waals surface area contributed by atoms with E-state index in [1.165, 1.54) is 19.3 Å². The molecular formula is C13H24. The molecule has 0 aromatic heterocycles. The summed E-state index contributed by atoms with van der Waals surface area (Å²) in [6.07, 6.45) is 4.38. The van der Waals surface area contributed by atoms with Crippen LogP contribution < -0.4 is 0 Å². The maximum Gasteiger partial charge on any atom is -0.0326 e. The van der Waals surface area contributed by atoms with E-state index in [-0.39, 0.29) is 0 Å². The summed E-state index contributed by atoms with van der Waals surface area (Å²) in [4.78, 5) is 0. The highest BCUT2D eigenvalue weighted by molar-refractivity contribution is 5.02. The number of rotatable bonds is 2. The van der Waals surface area contributed by atoms with Gasteiger partial charge in [-0.2, -0.15) is 0 Å². The van der Waals surface area contributed by atoms with Gasteiger partial charge >= 0.3 is 0 Å². The highest BCUT2D eigenvalue weighted by Crippen LogP contribution is 2.60. The molecule has 0 spiro atoms. The molecule has 76 valence electrons. The van der Waals surface area contributed by atoms with E-state index < -0.39 is 0 Å². The lowest BCUT2D eigenvalue weighted by Crippen LogP contribution is -2.55. The van der Waals surface area contributed by atoms with E-state index in [4.69, 9.17) is 0 Å². The number of hydrogen-bond acceptors (Lipinski definition) is 0. The summed E-state index contributed by atoms with van der Waals surface area (Å²) >= 11 is 0. The van der Waals surface area contributed by atoms with Crippen molar-refractivity contribution >= 4 is 0 Å². The van der Waals surface area contributed by atoms with Crippen molar-refractivity contribution in [1.29, 1.82) is 0 Å². The van der Waals surface area contributed by atoms with E-state index in [9.17, 15) is 0 Å². The first kappa shape index (κ1) is 9.55. The van der Waals surface area contributed by atoms with Crippen molar-refractivity contribution in [1.82, 2.24) is 0 Å². The first-order valence-corrected chi connectivity index (χ1v) is 6.20. The van der Waals surface area contributed by atoms with Gasteiger partial charge in [-0.3, -0.25) is 0 Å². The Morgan fingerprint density at radius 3 is 2.15 bits per heavy atom. The molecule has 0 nitrogen and oxygen atoms in total. The van der Waals surface area contributed by atoms with Crippen molar-refractivity contribution in [2.24, 2.45) is 35.5 Å². The maximum absolute atomic E-state index is 2.51. The minimum absolute atomic E-state index is 1.01. The van der Waals surface area contributed by atoms with Crippen molar-refractivity contribution in [2.75, 3.05) is 0 Å². The van der Waals surface area contributed by atoms with Gasteiger partial charge in [0.05, 0.1) is 0 Å². The van der Waals surface area contributed by atoms with Crippen molar-refractivity contribution in [3.63, 3.8) is 0 Å². The number of hydrogen-bond donors (Lipinski definition) is 0. The average molecular weight is 180 g/mol. The fourth-order valence-corrected chi connectivity index (χ4v) is 4.46. The first-order valence-electron chi connectivity index (χ1n) is 6.20. The Balaban J connectivity index is 2.08. The van der Waals surface area contributed by atoms with Gasteiger partial charge < -0.3 is 0 Å². The molecule has 3 fully saturated rings. The Labute approximate surface area is 83.1 Å². The summed E-state index contributed by atoms with van der Waals surface area (Å²) in [7, 11) is 0. The zero-order chi connectivity index (χ0) is 9.59. The van der Waals surface area contributed by atoms with Crippen LogP contribution in [0.4, 0.5) is 0 Å². The summed E-state index contributed by atoms with van der Waals surface area (Å²) in [5.74, 6) is 6.37. The Kier molecular flexibility index (Phi) is 2.42. The van der Waals surface area contributed by atoms with E-state index in [0.29, 0.717) is 0 Å². The summed E-state index contributed by atoms with van der Waals surface area (Å²) in [5, 5.41) is 0. The van der Waals surface area contributed by atoms with Crippen LogP contribution in [0.2, 0.25) is 0 Å². The van der Waals surface area contributed by atoms with Gasteiger partial charge in [-0.25, -0.2) is 0 Å². The third-order valence-corrected chi connectivity index (χ3v) is 5.25. The van der Waals surface area contributed by atoms with Gasteiger partial charge in [-0.05, 0) is 41.9 Å². The maximum atomic E-state index is 2.51. The zero-order valence-corrected chi connectivity index (χ0v) is 9.59. The highest BCUT2D eigenvalue weighted by atomic mass is 14.6. The molecule has 3 aliphatic rings. The largest absolute Gasteiger partial charge is 0.0651 e. The second-order valence-electron chi connectivity index (χ2n) is 5.44. The topological polar surface area (TPSA) is 0 Å². The standard InChI is InChI=1S/C13H24/c1-5-10-7-12-9(4)13(8(10)3)11(12)6-2/h8-13H,5-7H2,1-4H3/t8?,9-,10+,11?,12?,13?/m1/s1. The van der Waals surface area contributed by atoms with E-state index in [2.05, 4.69) is 27.7 Å². The Bertz CT molecular complexity index is 184. The van der Waals surface area contributed by atoms with Crippen LogP contribution in [0.25, 0.3) is 0 Å². The van der Waals surface area contributed by atoms with Gasteiger partial charge in [0.2, 0.25) is 0 Å². The van der Waals surface area contributed by atoms with Gasteiger partial charge in [-0.15, -0.1) is 0 Å². The molecule has 4 unspecified atom stereocenters. The molecule has 3 aliphatic carbocycles. The smallest absolute Gasteiger partial charge is 0.0326 e. The van der Waals surface area contributed by atoms with Crippen LogP contribution in [-0.4, -0.2) is 0 Å². The fourth-order valence-electron chi connectivity index (χ4n) is 4.46. The van der Waals surface area contributed by atoms with Crippen LogP contribution in [-0.2, 0) is 0 Å². The van der Waals surface area contributed by atoms with Gasteiger partial charge in [0.1, 0.15) is 0 Å². The average Bonchev–Trinajstić information content (AvgIpc) is 2.14. The van der Waals surface area contributed by atoms with E-state index in [1.807, 2.05) is 0 Å². The van der Waals surface area contributed by atoms with E-state index in [0.717, 1.165) is 35.5 Å². The van der Waals surface area contributed by atoms with Crippen molar-refractivity contribution in [3.8, 4) is 0 Å². The second kappa shape index (κ2) is 3.29. The SMILES string of the molecule is CCC1C2C[C@H](CC)C(C)C1[C@@H]2C. The molecule has 0 amide bonds. The Morgan fingerprint density at radius 2 is 1.69 bits per heavy atom. The second-order valence-corrected chi connectivity index (χ2v) is 5.44. The summed E-state index contributed by atoms with van der Waals surface area (Å²) in [5.41, 5.74) is 0. The van der Waals surface area contributed by atoms with Crippen molar-refractivity contribution in [3.05, 3.63) is 0 Å². The summed E-state index contributed by atoms with van der Waals surface area (Å²) in [6.45, 7) is 9.75. The molecule has 0 aliphatic heterocycles. The fraction of sp³-hybridized carbons (Fsp3) is 1.00. The van der Waals surface area contributed by atoms with Crippen LogP contribution >= 0.6 is 0 Å². The molecule has 0 aromatic carbocycles. The van der Waals surface area contributed by atoms with Crippen LogP contribution in [0, 0.1) is 35.5 Å². The molecule has 0 heterocycles. The minimum Gasteiger partial charge on any atom is -0.0651 e. The van der Waals surface area contributed by atoms with Crippen LogP contribution in [0.5, 0.6) is 0 Å². The Morgan fingerprint density at radius 1 is 1.00 bits per heavy atom. The van der Waals surface area contributed by atoms with Gasteiger partial charge in [-0.1, -0.05) is 40.5 Å². The molecule has 3 saturated carbocycles. The quantitative estimate of drug-likeness (QED) is 0.603. The molecule has 13 heavy (non-hydrogen) atoms. The summed E-state index contributed by atoms with van der Waals surface area (Å²) in [6, 6.07) is 0. The number of fused-ring (bicyclic) bond motifs is 2. The highest BCUT2D eigenvalue weighted by Gasteiger charge is 2.54. The Hall–Kier alpha value is 0. The van der Waals surface area contributed by atoms with Crippen molar-refractivity contribution < 1.29 is 0 Å². The van der Waals surface area contributed by atoms with Crippen LogP contribution in [0.15, 0.2) is 0 Å². The van der Waals surface area contributed by atoms with Gasteiger partial charge in [0.25, 0.3) is 0 Å². The van der Waals surface area contributed by atoms with Gasteiger partial charge in [0, 0.05) is 0 Å². The molecule has 0 N–H and O–H groups in total. The minimum atomic E-state index is 1.01. The van der Waals surface area contributed by atoms with E-state index in [1.54, 1.807) is 0 Å². The lowest BCUT2D eigenvalue weighted by atomic mass is 9.44. The molecule has 6 atom stereocenters. The van der Waals surface area contributed by atoms with Gasteiger partial charge in [0.15, 0.2) is 0 Å². The lowest BCUT2D eigenvalue weighted by molar-refractivity contribution is -0.125. The monoisotopic (exact) mass is 180 g/mol. The molecule has 0 heteroatoms. The molecule has 2 bridgehead atoms. The predicted molar refractivity (Wildman–Crippen MR) is 57.5 cm³/mol. The predicted octanol–water partition coefficient (Wildman–Crippen LogP) is 3.96. The third-order valence-electron chi connectivity index (χ3n) is 5.25. The first-order chi connectivity index (χ1) is 6.20. The molecule has 0 saturated heterocycles. The lowest BCUT2D eigenvalue weighted by Gasteiger charge is -2.61.